The number of nitrogens with zero attached hydrogens (tertiary/aromatic N) is 3. The molecule has 1 rings (SSSR count). The zero-order valence-electron chi connectivity index (χ0n) is 13.9. The molecule has 0 aliphatic carbocycles. The first-order valence-corrected chi connectivity index (χ1v) is 7.78. The minimum atomic E-state index is 0. The summed E-state index contributed by atoms with van der Waals surface area (Å²) < 4.78 is 0. The van der Waals surface area contributed by atoms with E-state index in [1.165, 1.54) is 6.42 Å². The molecule has 0 atom stereocenters. The fourth-order valence-corrected chi connectivity index (χ4v) is 2.56. The molecule has 120 valence electrons. The van der Waals surface area contributed by atoms with Crippen LogP contribution in [0.3, 0.4) is 0 Å². The number of rotatable bonds is 6. The lowest BCUT2D eigenvalue weighted by Crippen LogP contribution is -2.41. The van der Waals surface area contributed by atoms with Gasteiger partial charge < -0.3 is 15.1 Å². The quantitative estimate of drug-likeness (QED) is 0.426. The molecule has 1 N–H and O–H groups in total. The third kappa shape index (κ3) is 6.61. The molecule has 0 aromatic carbocycles. The molecule has 4 nitrogen and oxygen atoms in total. The molecule has 5 heteroatoms. The summed E-state index contributed by atoms with van der Waals surface area (Å²) in [5.74, 6) is 1.10. The molecule has 1 aliphatic heterocycles. The van der Waals surface area contributed by atoms with Gasteiger partial charge in [-0.1, -0.05) is 27.7 Å². The van der Waals surface area contributed by atoms with E-state index in [0.29, 0.717) is 5.41 Å². The Morgan fingerprint density at radius 3 is 2.35 bits per heavy atom. The highest BCUT2D eigenvalue weighted by Crippen LogP contribution is 2.28. The van der Waals surface area contributed by atoms with Crippen LogP contribution in [0.15, 0.2) is 4.99 Å². The second kappa shape index (κ2) is 9.82. The lowest BCUT2D eigenvalue weighted by molar-refractivity contribution is 0.311. The molecule has 0 spiro atoms. The van der Waals surface area contributed by atoms with Gasteiger partial charge in [-0.15, -0.1) is 24.0 Å². The normalized spacial score (nSPS) is 18.3. The lowest BCUT2D eigenvalue weighted by atomic mass is 9.93. The lowest BCUT2D eigenvalue weighted by Gasteiger charge is -2.24. The number of halogens is 1. The summed E-state index contributed by atoms with van der Waals surface area (Å²) in [5.41, 5.74) is 0.426. The van der Waals surface area contributed by atoms with Crippen LogP contribution in [-0.2, 0) is 0 Å². The second-order valence-electron chi connectivity index (χ2n) is 6.10. The minimum absolute atomic E-state index is 0. The van der Waals surface area contributed by atoms with Crippen LogP contribution in [0, 0.1) is 5.41 Å². The van der Waals surface area contributed by atoms with E-state index >= 15 is 0 Å². The smallest absolute Gasteiger partial charge is 0.193 e. The Morgan fingerprint density at radius 2 is 1.90 bits per heavy atom. The van der Waals surface area contributed by atoms with Gasteiger partial charge in [0.15, 0.2) is 5.96 Å². The molecule has 0 unspecified atom stereocenters. The highest BCUT2D eigenvalue weighted by Gasteiger charge is 2.30. The predicted octanol–water partition coefficient (Wildman–Crippen LogP) is 2.64. The van der Waals surface area contributed by atoms with Crippen molar-refractivity contribution in [3.63, 3.8) is 0 Å². The molecule has 0 aromatic heterocycles. The Kier molecular flexibility index (Phi) is 9.80. The van der Waals surface area contributed by atoms with Crippen molar-refractivity contribution in [2.75, 3.05) is 45.8 Å². The fraction of sp³-hybridized carbons (Fsp3) is 0.933. The van der Waals surface area contributed by atoms with Gasteiger partial charge in [0.1, 0.15) is 0 Å². The Labute approximate surface area is 142 Å². The van der Waals surface area contributed by atoms with E-state index in [0.717, 1.165) is 51.8 Å². The van der Waals surface area contributed by atoms with Gasteiger partial charge in [-0.3, -0.25) is 4.99 Å². The van der Waals surface area contributed by atoms with Crippen LogP contribution in [0.25, 0.3) is 0 Å². The number of likely N-dealkylation sites (tertiary alicyclic amines) is 1. The predicted molar refractivity (Wildman–Crippen MR) is 99.2 cm³/mol. The monoisotopic (exact) mass is 396 g/mol. The average Bonchev–Trinajstić information content (AvgIpc) is 2.74. The molecule has 0 radical (unpaired) electrons. The average molecular weight is 396 g/mol. The van der Waals surface area contributed by atoms with Gasteiger partial charge >= 0.3 is 0 Å². The van der Waals surface area contributed by atoms with Crippen LogP contribution in [0.1, 0.15) is 41.0 Å². The van der Waals surface area contributed by atoms with Crippen molar-refractivity contribution >= 4 is 29.9 Å². The van der Waals surface area contributed by atoms with Crippen molar-refractivity contribution in [3.05, 3.63) is 0 Å². The number of aliphatic imine (C=N–C) groups is 1. The summed E-state index contributed by atoms with van der Waals surface area (Å²) in [4.78, 5) is 9.61. The SMILES string of the molecule is CCNC(=NCCN(CC)CC)N1CCC(C)(C)C1.I. The summed E-state index contributed by atoms with van der Waals surface area (Å²) in [6.45, 7) is 18.6. The minimum Gasteiger partial charge on any atom is -0.357 e. The summed E-state index contributed by atoms with van der Waals surface area (Å²) in [6.07, 6.45) is 1.26. The highest BCUT2D eigenvalue weighted by molar-refractivity contribution is 14.0. The molecular weight excluding hydrogens is 363 g/mol. The molecule has 0 saturated carbocycles. The Hall–Kier alpha value is -0.0400. The Bertz CT molecular complexity index is 288. The van der Waals surface area contributed by atoms with Crippen LogP contribution >= 0.6 is 24.0 Å². The van der Waals surface area contributed by atoms with E-state index in [2.05, 4.69) is 49.7 Å². The van der Waals surface area contributed by atoms with E-state index in [4.69, 9.17) is 4.99 Å². The molecular formula is C15H33IN4. The Morgan fingerprint density at radius 1 is 1.25 bits per heavy atom. The first-order valence-electron chi connectivity index (χ1n) is 7.78. The van der Waals surface area contributed by atoms with Gasteiger partial charge in [0, 0.05) is 26.2 Å². The maximum absolute atomic E-state index is 4.79. The summed E-state index contributed by atoms with van der Waals surface area (Å²) in [7, 11) is 0. The van der Waals surface area contributed by atoms with E-state index in [-0.39, 0.29) is 24.0 Å². The van der Waals surface area contributed by atoms with E-state index in [1.807, 2.05) is 0 Å². The molecule has 1 aliphatic rings. The number of guanidine groups is 1. The van der Waals surface area contributed by atoms with Crippen LogP contribution in [0.5, 0.6) is 0 Å². The number of hydrogen-bond acceptors (Lipinski definition) is 2. The summed E-state index contributed by atoms with van der Waals surface area (Å²) >= 11 is 0. The van der Waals surface area contributed by atoms with E-state index in [9.17, 15) is 0 Å². The van der Waals surface area contributed by atoms with Gasteiger partial charge in [-0.2, -0.15) is 0 Å². The Balaban J connectivity index is 0.00000361. The van der Waals surface area contributed by atoms with Crippen molar-refractivity contribution in [1.29, 1.82) is 0 Å². The van der Waals surface area contributed by atoms with Crippen molar-refractivity contribution in [3.8, 4) is 0 Å². The molecule has 0 amide bonds. The van der Waals surface area contributed by atoms with Crippen LogP contribution in [0.2, 0.25) is 0 Å². The third-order valence-electron chi connectivity index (χ3n) is 3.88. The second-order valence-corrected chi connectivity index (χ2v) is 6.10. The van der Waals surface area contributed by atoms with Crippen LogP contribution in [0.4, 0.5) is 0 Å². The maximum Gasteiger partial charge on any atom is 0.193 e. The van der Waals surface area contributed by atoms with Gasteiger partial charge in [-0.05, 0) is 31.8 Å². The standard InChI is InChI=1S/C15H32N4.HI/c1-6-16-14(17-10-12-18(7-2)8-3)19-11-9-15(4,5)13-19;/h6-13H2,1-5H3,(H,16,17);1H. The molecule has 0 bridgehead atoms. The zero-order valence-corrected chi connectivity index (χ0v) is 16.2. The first kappa shape index (κ1) is 20.0. The summed E-state index contributed by atoms with van der Waals surface area (Å²) in [5, 5.41) is 3.43. The van der Waals surface area contributed by atoms with Crippen molar-refractivity contribution in [2.45, 2.75) is 41.0 Å². The number of hydrogen-bond donors (Lipinski definition) is 1. The van der Waals surface area contributed by atoms with Gasteiger partial charge in [-0.25, -0.2) is 0 Å². The summed E-state index contributed by atoms with van der Waals surface area (Å²) in [6, 6.07) is 0. The molecule has 20 heavy (non-hydrogen) atoms. The van der Waals surface area contributed by atoms with Gasteiger partial charge in [0.05, 0.1) is 6.54 Å². The molecule has 1 fully saturated rings. The number of likely N-dealkylation sites (N-methyl/N-ethyl adjacent to an activating group) is 1. The molecule has 1 heterocycles. The van der Waals surface area contributed by atoms with E-state index < -0.39 is 0 Å². The third-order valence-corrected chi connectivity index (χ3v) is 3.88. The zero-order chi connectivity index (χ0) is 14.3. The van der Waals surface area contributed by atoms with Crippen molar-refractivity contribution in [2.24, 2.45) is 10.4 Å². The maximum atomic E-state index is 4.79. The molecule has 1 saturated heterocycles. The largest absolute Gasteiger partial charge is 0.357 e. The molecule has 0 aromatic rings. The fourth-order valence-electron chi connectivity index (χ4n) is 2.56. The van der Waals surface area contributed by atoms with E-state index in [1.54, 1.807) is 0 Å². The number of nitrogens with one attached hydrogen (secondary N) is 1. The first-order chi connectivity index (χ1) is 9.02. The topological polar surface area (TPSA) is 30.9 Å². The van der Waals surface area contributed by atoms with Crippen LogP contribution in [-0.4, -0.2) is 61.6 Å². The van der Waals surface area contributed by atoms with Crippen molar-refractivity contribution in [1.82, 2.24) is 15.1 Å². The highest BCUT2D eigenvalue weighted by atomic mass is 127. The van der Waals surface area contributed by atoms with Crippen molar-refractivity contribution < 1.29 is 0 Å². The van der Waals surface area contributed by atoms with Crippen LogP contribution < -0.4 is 5.32 Å². The van der Waals surface area contributed by atoms with Gasteiger partial charge in [0.2, 0.25) is 0 Å². The van der Waals surface area contributed by atoms with Gasteiger partial charge in [0.25, 0.3) is 0 Å².